The minimum Gasteiger partial charge on any atom is -0.454 e. The fraction of sp³-hybridized carbons (Fsp3) is 0.364. The number of ether oxygens (including phenoxy) is 17. The van der Waals surface area contributed by atoms with E-state index in [4.69, 9.17) is 85.0 Å². The average molecular weight is 1840 g/mol. The topological polar surface area (TPSA) is 400 Å². The van der Waals surface area contributed by atoms with Crippen LogP contribution in [-0.4, -0.2) is 211 Å². The molecule has 5 aliphatic rings. The summed E-state index contributed by atoms with van der Waals surface area (Å²) < 4.78 is 119. The largest absolute Gasteiger partial charge is 0.454 e. The molecule has 1 saturated carbocycles. The third kappa shape index (κ3) is 26.4. The van der Waals surface area contributed by atoms with Crippen LogP contribution in [-0.2, 0) is 123 Å². The van der Waals surface area contributed by atoms with Crippen LogP contribution in [0, 0.1) is 0 Å². The Bertz CT molecular complexity index is 5250. The summed E-state index contributed by atoms with van der Waals surface area (Å²) in [6.07, 6.45) is -33.2. The summed E-state index contributed by atoms with van der Waals surface area (Å²) in [6, 6.07) is 69.0. The molecular weight excluding hydrogens is 1740 g/mol. The van der Waals surface area contributed by atoms with Crippen molar-refractivity contribution in [3.63, 3.8) is 0 Å². The smallest absolute Gasteiger partial charge is 0.407 e. The molecule has 34 heteroatoms. The first-order valence-corrected chi connectivity index (χ1v) is 46.6. The van der Waals surface area contributed by atoms with Gasteiger partial charge in [-0.2, -0.15) is 0 Å². The Morgan fingerprint density at radius 1 is 0.406 bits per heavy atom. The number of rotatable bonds is 35. The van der Waals surface area contributed by atoms with E-state index in [-0.39, 0.29) is 56.3 Å². The number of benzene rings is 9. The number of hydrogen-bond donors (Lipinski definition) is 6. The van der Waals surface area contributed by atoms with Gasteiger partial charge in [-0.1, -0.05) is 257 Å². The van der Waals surface area contributed by atoms with Crippen LogP contribution < -0.4 is 26.6 Å². The van der Waals surface area contributed by atoms with Gasteiger partial charge in [-0.25, -0.2) is 38.4 Å². The molecule has 20 atom stereocenters. The molecule has 5 fully saturated rings. The van der Waals surface area contributed by atoms with Crippen LogP contribution in [0.1, 0.15) is 97.9 Å². The van der Waals surface area contributed by atoms with Crippen LogP contribution in [0.5, 0.6) is 0 Å². The first-order chi connectivity index (χ1) is 64.5. The summed E-state index contributed by atoms with van der Waals surface area (Å²) in [7, 11) is -3.01. The third-order valence-corrected chi connectivity index (χ3v) is 27.9. The minimum atomic E-state index is -3.01. The minimum absolute atomic E-state index is 0.0142. The van der Waals surface area contributed by atoms with Gasteiger partial charge in [0, 0.05) is 5.56 Å². The zero-order valence-corrected chi connectivity index (χ0v) is 74.6. The number of fused-ring (bicyclic) bond motifs is 1. The Hall–Kier alpha value is -12.8. The molecule has 0 spiro atoms. The lowest BCUT2D eigenvalue weighted by Gasteiger charge is -2.51. The third-order valence-electron chi connectivity index (χ3n) is 23.4. The maximum absolute atomic E-state index is 15.5. The Balaban J connectivity index is 0.919. The van der Waals surface area contributed by atoms with Crippen LogP contribution in [0.25, 0.3) is 0 Å². The van der Waals surface area contributed by atoms with Crippen LogP contribution in [0.2, 0.25) is 18.1 Å². The standard InChI is InChI=1S/C99H107N5O28Si/c1-99(2,3)133(4,5)122-61-75-83(131-92-77(104-98(114)121-59-66-41-23-10-24-42-66)84(128-89(109)69-47-29-13-30-48-69)82(127-88(108)68-45-27-12-28-46-68)73(123-92)54-100-94(110)117-55-62-33-15-6-16-34-62)86(115-52-51-105)93(125-75)132-85-79(126-87(107)67-43-25-11-26-44-67)71(101-95(111)118-56-63-35-17-7-18-36-63)53-72(102-96(112)119-57-64-37-19-8-20-38-64)80(85)129-91-76(103-97(113)120-58-65-39-21-9-22-40-65)78(106)81-74(124-91)60-116-90(130-81)70-49-31-14-32-50-70/h6-51,71-86,90-93,106H,52-61H2,1-5H3,(H,100,110)(H,101,111)(H,102,112)(H,103,113)(H,104,114). The predicted octanol–water partition coefficient (Wildman–Crippen LogP) is 12.6. The molecule has 5 amide bonds. The van der Waals surface area contributed by atoms with Gasteiger partial charge in [0.1, 0.15) is 113 Å². The number of aliphatic hydroxyl groups is 1. The molecule has 0 aromatic heterocycles. The van der Waals surface area contributed by atoms with Crippen LogP contribution >= 0.6 is 0 Å². The zero-order valence-electron chi connectivity index (χ0n) is 73.6. The van der Waals surface area contributed by atoms with Crippen molar-refractivity contribution in [3.05, 3.63) is 323 Å². The van der Waals surface area contributed by atoms with E-state index in [0.717, 1.165) is 0 Å². The molecule has 9 aromatic carbocycles. The van der Waals surface area contributed by atoms with E-state index < -0.39 is 210 Å². The van der Waals surface area contributed by atoms with Crippen molar-refractivity contribution in [2.24, 2.45) is 0 Å². The first kappa shape index (κ1) is 96.2. The average Bonchev–Trinajstić information content (AvgIpc) is 1.74. The van der Waals surface area contributed by atoms with Gasteiger partial charge in [0.25, 0.3) is 0 Å². The van der Waals surface area contributed by atoms with E-state index in [1.54, 1.807) is 237 Å². The fourth-order valence-corrected chi connectivity index (χ4v) is 16.5. The SMILES string of the molecule is CC(C)(C)[Si](C)(C)OCC1OC(OC2C(OC(=O)c3ccccc3)C(NC(=O)OCc3ccccc3)CC(NC(=O)OCc3ccccc3)C2OC2OC3COC(c4ccccc4)OC3C(O)C2NC(=O)OCc2ccccc2)C(OCC=O)C1OC1OC(CNC(=O)OCc2ccccc2)C(OC(=O)c2ccccc2)C(OC(=O)c2ccccc2)C1NC(=O)OCc1ccccc1. The van der Waals surface area contributed by atoms with E-state index in [1.165, 1.54) is 36.4 Å². The Morgan fingerprint density at radius 3 is 1.23 bits per heavy atom. The Labute approximate surface area is 769 Å². The van der Waals surface area contributed by atoms with Crippen molar-refractivity contribution in [2.45, 2.75) is 201 Å². The molecule has 4 aliphatic heterocycles. The molecule has 133 heavy (non-hydrogen) atoms. The van der Waals surface area contributed by atoms with Gasteiger partial charge in [-0.3, -0.25) is 0 Å². The second-order valence-electron chi connectivity index (χ2n) is 33.6. The van der Waals surface area contributed by atoms with E-state index in [9.17, 15) is 29.1 Å². The second-order valence-corrected chi connectivity index (χ2v) is 38.4. The van der Waals surface area contributed by atoms with Gasteiger partial charge in [-0.05, 0) is 88.8 Å². The molecular formula is C99H107N5O28Si. The maximum atomic E-state index is 15.5. The fourth-order valence-electron chi connectivity index (χ4n) is 15.5. The molecule has 4 saturated heterocycles. The van der Waals surface area contributed by atoms with Crippen molar-refractivity contribution < 1.29 is 133 Å². The van der Waals surface area contributed by atoms with Gasteiger partial charge in [0.2, 0.25) is 0 Å². The Kier molecular flexibility index (Phi) is 33.7. The summed E-state index contributed by atoms with van der Waals surface area (Å²) in [5, 5.41) is 26.7. The van der Waals surface area contributed by atoms with E-state index in [1.807, 2.05) is 33.9 Å². The van der Waals surface area contributed by atoms with Gasteiger partial charge >= 0.3 is 48.4 Å². The number of hydrogen-bond acceptors (Lipinski definition) is 28. The highest BCUT2D eigenvalue weighted by atomic mass is 28.4. The van der Waals surface area contributed by atoms with E-state index in [2.05, 4.69) is 26.6 Å². The van der Waals surface area contributed by atoms with Crippen molar-refractivity contribution in [1.29, 1.82) is 0 Å². The van der Waals surface area contributed by atoms with Crippen molar-refractivity contribution in [2.75, 3.05) is 26.4 Å². The first-order valence-electron chi connectivity index (χ1n) is 43.7. The summed E-state index contributed by atoms with van der Waals surface area (Å²) in [4.78, 5) is 133. The lowest BCUT2D eigenvalue weighted by atomic mass is 9.83. The summed E-state index contributed by atoms with van der Waals surface area (Å²) >= 11 is 0. The second kappa shape index (κ2) is 46.5. The highest BCUT2D eigenvalue weighted by Gasteiger charge is 2.61. The molecule has 33 nitrogen and oxygen atoms in total. The normalized spacial score (nSPS) is 25.5. The van der Waals surface area contributed by atoms with Crippen LogP contribution in [0.15, 0.2) is 273 Å². The number of aliphatic hydroxyl groups excluding tert-OH is 1. The van der Waals surface area contributed by atoms with Gasteiger partial charge in [-0.15, -0.1) is 0 Å². The monoisotopic (exact) mass is 1840 g/mol. The number of carbonyl (C=O) groups is 9. The molecule has 700 valence electrons. The summed E-state index contributed by atoms with van der Waals surface area (Å²) in [5.41, 5.74) is 3.45. The maximum Gasteiger partial charge on any atom is 0.407 e. The highest BCUT2D eigenvalue weighted by molar-refractivity contribution is 6.74. The molecule has 0 radical (unpaired) electrons. The molecule has 14 rings (SSSR count). The van der Waals surface area contributed by atoms with Gasteiger partial charge in [0.15, 0.2) is 51.8 Å². The van der Waals surface area contributed by atoms with Crippen LogP contribution in [0.4, 0.5) is 24.0 Å². The number of nitrogens with one attached hydrogen (secondary N) is 5. The molecule has 9 aromatic rings. The zero-order chi connectivity index (χ0) is 93.2. The van der Waals surface area contributed by atoms with Crippen molar-refractivity contribution >= 4 is 63.0 Å². The lowest BCUT2D eigenvalue weighted by Crippen LogP contribution is -2.71. The number of alkyl carbamates (subject to hydrolysis) is 5. The summed E-state index contributed by atoms with van der Waals surface area (Å²) in [6.45, 7) is 6.37. The van der Waals surface area contributed by atoms with Crippen molar-refractivity contribution in [1.82, 2.24) is 26.6 Å². The van der Waals surface area contributed by atoms with E-state index in [0.29, 0.717) is 39.7 Å². The quantitative estimate of drug-likeness (QED) is 0.00930. The number of amides is 5. The van der Waals surface area contributed by atoms with Gasteiger partial charge < -0.3 is 121 Å². The molecule has 6 N–H and O–H groups in total. The molecule has 20 unspecified atom stereocenters. The van der Waals surface area contributed by atoms with E-state index >= 15 is 19.2 Å². The molecule has 4 heterocycles. The molecule has 0 bridgehead atoms. The predicted molar refractivity (Wildman–Crippen MR) is 476 cm³/mol. The molecule has 1 aliphatic carbocycles. The number of carbonyl (C=O) groups excluding carboxylic acids is 9. The number of esters is 3. The lowest BCUT2D eigenvalue weighted by molar-refractivity contribution is -0.358. The Morgan fingerprint density at radius 2 is 0.782 bits per heavy atom. The van der Waals surface area contributed by atoms with Crippen LogP contribution in [0.3, 0.4) is 0 Å². The highest BCUT2D eigenvalue weighted by Crippen LogP contribution is 2.43. The number of aldehydes is 1. The summed E-state index contributed by atoms with van der Waals surface area (Å²) in [5.74, 6) is -3.02. The van der Waals surface area contributed by atoms with Crippen molar-refractivity contribution in [3.8, 4) is 0 Å². The van der Waals surface area contributed by atoms with Gasteiger partial charge in [0.05, 0.1) is 48.5 Å².